The maximum Gasteiger partial charge on any atom is 0.472 e. The van der Waals surface area contributed by atoms with Crippen LogP contribution in [0.1, 0.15) is 452 Å². The van der Waals surface area contributed by atoms with Crippen LogP contribution in [0.25, 0.3) is 0 Å². The summed E-state index contributed by atoms with van der Waals surface area (Å²) in [4.78, 5) is 73.0. The zero-order valence-electron chi connectivity index (χ0n) is 67.5. The number of carbonyl (C=O) groups excluding carboxylic acids is 4. The van der Waals surface area contributed by atoms with E-state index in [2.05, 4.69) is 34.6 Å². The van der Waals surface area contributed by atoms with Gasteiger partial charge >= 0.3 is 39.5 Å². The summed E-state index contributed by atoms with van der Waals surface area (Å²) in [5, 5.41) is 10.6. The molecular formula is C84H164O17P2. The Morgan fingerprint density at radius 1 is 0.272 bits per heavy atom. The van der Waals surface area contributed by atoms with Crippen molar-refractivity contribution in [1.82, 2.24) is 0 Å². The van der Waals surface area contributed by atoms with Crippen LogP contribution in [0.2, 0.25) is 0 Å². The van der Waals surface area contributed by atoms with Gasteiger partial charge in [0.15, 0.2) is 12.2 Å². The molecule has 0 radical (unpaired) electrons. The minimum atomic E-state index is -4.96. The molecule has 0 aromatic heterocycles. The molecule has 0 bridgehead atoms. The number of aliphatic hydroxyl groups excluding tert-OH is 1. The van der Waals surface area contributed by atoms with Crippen molar-refractivity contribution < 1.29 is 80.2 Å². The Labute approximate surface area is 632 Å². The van der Waals surface area contributed by atoms with Crippen LogP contribution in [0, 0.1) is 5.92 Å². The van der Waals surface area contributed by atoms with Gasteiger partial charge in [0.05, 0.1) is 26.4 Å². The van der Waals surface area contributed by atoms with E-state index >= 15 is 0 Å². The van der Waals surface area contributed by atoms with Crippen molar-refractivity contribution in [3.05, 3.63) is 0 Å². The highest BCUT2D eigenvalue weighted by atomic mass is 31.2. The Hall–Kier alpha value is -1.94. The molecule has 0 amide bonds. The van der Waals surface area contributed by atoms with Crippen LogP contribution in [0.15, 0.2) is 0 Å². The largest absolute Gasteiger partial charge is 0.472 e. The van der Waals surface area contributed by atoms with Crippen LogP contribution < -0.4 is 0 Å². The lowest BCUT2D eigenvalue weighted by Gasteiger charge is -2.21. The molecule has 3 N–H and O–H groups in total. The van der Waals surface area contributed by atoms with Gasteiger partial charge in [0, 0.05) is 25.7 Å². The van der Waals surface area contributed by atoms with Crippen LogP contribution in [-0.4, -0.2) is 96.7 Å². The zero-order chi connectivity index (χ0) is 75.5. The van der Waals surface area contributed by atoms with Crippen molar-refractivity contribution in [2.24, 2.45) is 5.92 Å². The third-order valence-electron chi connectivity index (χ3n) is 20.1. The van der Waals surface area contributed by atoms with Gasteiger partial charge in [0.1, 0.15) is 19.3 Å². The minimum Gasteiger partial charge on any atom is -0.462 e. The molecule has 0 heterocycles. The number of hydrogen-bond donors (Lipinski definition) is 3. The standard InChI is InChI=1S/C84H164O17P2/c1-6-10-13-16-19-21-23-25-27-29-31-33-35-37-39-41-43-48-53-58-63-68-82(87)95-74-80(101-83(88)69-64-59-54-49-44-42-40-38-36-34-32-30-28-26-24-22-20-17-14-11-7-2)76-99-103(92,93)97-72-78(85)71-96-102(90,91)98-75-79(73-94-81(86)67-62-57-51-18-15-12-8-3)100-84(89)70-65-60-55-50-46-45-47-52-56-61-66-77(5)9-4/h77-80,85H,6-76H2,1-5H3,(H,90,91)(H,92,93)/t77?,78-,79+,80+/m0/s1. The van der Waals surface area contributed by atoms with Gasteiger partial charge in [-0.25, -0.2) is 9.13 Å². The summed E-state index contributed by atoms with van der Waals surface area (Å²) in [5.41, 5.74) is 0. The molecule has 17 nitrogen and oxygen atoms in total. The average Bonchev–Trinajstić information content (AvgIpc) is 0.941. The molecule has 0 aromatic rings. The summed E-state index contributed by atoms with van der Waals surface area (Å²) in [6.45, 7) is 7.32. The van der Waals surface area contributed by atoms with E-state index in [1.807, 2.05) is 0 Å². The van der Waals surface area contributed by atoms with Gasteiger partial charge in [0.2, 0.25) is 0 Å². The lowest BCUT2D eigenvalue weighted by atomic mass is 9.99. The predicted molar refractivity (Wildman–Crippen MR) is 423 cm³/mol. The molecule has 0 aliphatic rings. The van der Waals surface area contributed by atoms with E-state index in [1.54, 1.807) is 0 Å². The highest BCUT2D eigenvalue weighted by Crippen LogP contribution is 2.45. The maximum atomic E-state index is 13.1. The van der Waals surface area contributed by atoms with Crippen molar-refractivity contribution >= 4 is 39.5 Å². The van der Waals surface area contributed by atoms with Crippen molar-refractivity contribution in [2.45, 2.75) is 470 Å². The topological polar surface area (TPSA) is 237 Å². The molecule has 0 fully saturated rings. The third-order valence-corrected chi connectivity index (χ3v) is 22.0. The first-order valence-corrected chi connectivity index (χ1v) is 46.7. The molecule has 19 heteroatoms. The number of aliphatic hydroxyl groups is 1. The Balaban J connectivity index is 5.15. The monoisotopic (exact) mass is 1510 g/mol. The molecule has 0 rings (SSSR count). The van der Waals surface area contributed by atoms with E-state index < -0.39 is 97.5 Å². The zero-order valence-corrected chi connectivity index (χ0v) is 69.3. The summed E-state index contributed by atoms with van der Waals surface area (Å²) in [6, 6.07) is 0. The Bertz CT molecular complexity index is 1960. The van der Waals surface area contributed by atoms with Crippen LogP contribution in [0.4, 0.5) is 0 Å². The number of phosphoric ester groups is 2. The van der Waals surface area contributed by atoms with Gasteiger partial charge < -0.3 is 33.8 Å². The van der Waals surface area contributed by atoms with Crippen LogP contribution in [-0.2, 0) is 65.4 Å². The quantitative estimate of drug-likeness (QED) is 0.0222. The van der Waals surface area contributed by atoms with E-state index in [4.69, 9.17) is 37.0 Å². The molecule has 3 unspecified atom stereocenters. The second-order valence-electron chi connectivity index (χ2n) is 30.5. The second kappa shape index (κ2) is 76.8. The molecule has 0 saturated heterocycles. The SMILES string of the molecule is CCCCCCCCCCCCCCCCCCCCCCCC(=O)OC[C@H](COP(=O)(O)OC[C@@H](O)COP(=O)(O)OC[C@@H](COC(=O)CCCCCCCCC)OC(=O)CCCCCCCCCCCCC(C)CC)OC(=O)CCCCCCCCCCCCCCCCCCCCCCC. The lowest BCUT2D eigenvalue weighted by Crippen LogP contribution is -2.30. The number of carbonyl (C=O) groups is 4. The number of rotatable bonds is 84. The Kier molecular flexibility index (Phi) is 75.4. The van der Waals surface area contributed by atoms with Crippen LogP contribution >= 0.6 is 15.6 Å². The number of esters is 4. The van der Waals surface area contributed by atoms with Crippen molar-refractivity contribution in [3.8, 4) is 0 Å². The molecular weight excluding hydrogens is 1340 g/mol. The van der Waals surface area contributed by atoms with Crippen molar-refractivity contribution in [3.63, 3.8) is 0 Å². The Morgan fingerprint density at radius 2 is 0.466 bits per heavy atom. The number of unbranched alkanes of at least 4 members (excludes halogenated alkanes) is 55. The average molecular weight is 1510 g/mol. The fourth-order valence-corrected chi connectivity index (χ4v) is 14.7. The molecule has 0 saturated carbocycles. The smallest absolute Gasteiger partial charge is 0.462 e. The second-order valence-corrected chi connectivity index (χ2v) is 33.4. The van der Waals surface area contributed by atoms with Crippen molar-refractivity contribution in [1.29, 1.82) is 0 Å². The number of ether oxygens (including phenoxy) is 4. The lowest BCUT2D eigenvalue weighted by molar-refractivity contribution is -0.161. The minimum absolute atomic E-state index is 0.106. The molecule has 0 aliphatic heterocycles. The van der Waals surface area contributed by atoms with E-state index in [0.717, 1.165) is 109 Å². The molecule has 612 valence electrons. The van der Waals surface area contributed by atoms with E-state index in [0.29, 0.717) is 25.7 Å². The van der Waals surface area contributed by atoms with E-state index in [9.17, 15) is 43.2 Å². The van der Waals surface area contributed by atoms with E-state index in [-0.39, 0.29) is 25.7 Å². The molecule has 0 aliphatic carbocycles. The fourth-order valence-electron chi connectivity index (χ4n) is 13.1. The van der Waals surface area contributed by atoms with E-state index in [1.165, 1.54) is 263 Å². The first-order valence-electron chi connectivity index (χ1n) is 43.7. The van der Waals surface area contributed by atoms with Crippen molar-refractivity contribution in [2.75, 3.05) is 39.6 Å². The molecule has 103 heavy (non-hydrogen) atoms. The first-order chi connectivity index (χ1) is 50.1. The maximum absolute atomic E-state index is 13.1. The molecule has 0 aromatic carbocycles. The van der Waals surface area contributed by atoms with Gasteiger partial charge in [-0.1, -0.05) is 401 Å². The molecule has 0 spiro atoms. The van der Waals surface area contributed by atoms with Crippen LogP contribution in [0.3, 0.4) is 0 Å². The third kappa shape index (κ3) is 76.6. The van der Waals surface area contributed by atoms with Gasteiger partial charge in [0.25, 0.3) is 0 Å². The summed E-state index contributed by atoms with van der Waals surface area (Å²) in [7, 11) is -9.92. The normalized spacial score (nSPS) is 14.1. The summed E-state index contributed by atoms with van der Waals surface area (Å²) < 4.78 is 68.7. The number of phosphoric acid groups is 2. The highest BCUT2D eigenvalue weighted by molar-refractivity contribution is 7.47. The number of hydrogen-bond acceptors (Lipinski definition) is 15. The Morgan fingerprint density at radius 3 is 0.689 bits per heavy atom. The van der Waals surface area contributed by atoms with Gasteiger partial charge in [-0.05, 0) is 31.6 Å². The van der Waals surface area contributed by atoms with Gasteiger partial charge in [-0.15, -0.1) is 0 Å². The fraction of sp³-hybridized carbons (Fsp3) is 0.952. The summed E-state index contributed by atoms with van der Waals surface area (Å²) in [6.07, 6.45) is 69.7. The first kappa shape index (κ1) is 101. The highest BCUT2D eigenvalue weighted by Gasteiger charge is 2.30. The predicted octanol–water partition coefficient (Wildman–Crippen LogP) is 25.6. The van der Waals surface area contributed by atoms with Crippen LogP contribution in [0.5, 0.6) is 0 Å². The van der Waals surface area contributed by atoms with Gasteiger partial charge in [-0.3, -0.25) is 37.3 Å². The van der Waals surface area contributed by atoms with Gasteiger partial charge in [-0.2, -0.15) is 0 Å². The molecule has 6 atom stereocenters. The summed E-state index contributed by atoms with van der Waals surface area (Å²) in [5.74, 6) is -1.31. The summed E-state index contributed by atoms with van der Waals surface area (Å²) >= 11 is 0.